The van der Waals surface area contributed by atoms with E-state index >= 15 is 4.79 Å². The first kappa shape index (κ1) is 82.8. The Morgan fingerprint density at radius 3 is 0.860 bits per heavy atom. The number of fused-ring (bicyclic) bond motifs is 1. The van der Waals surface area contributed by atoms with Crippen LogP contribution in [0.5, 0.6) is 23.0 Å². The number of esters is 2. The summed E-state index contributed by atoms with van der Waals surface area (Å²) in [6.45, 7) is 9.01. The van der Waals surface area contributed by atoms with E-state index in [0.29, 0.717) is 25.7 Å². The molecule has 0 radical (unpaired) electrons. The number of unbranched alkanes of at least 4 members (excludes halogenated alkanes) is 52. The fourth-order valence-corrected chi connectivity index (χ4v) is 13.3. The van der Waals surface area contributed by atoms with Gasteiger partial charge < -0.3 is 24.1 Å². The number of aromatic hydroxyl groups is 2. The Morgan fingerprint density at radius 2 is 0.570 bits per heavy atom. The molecule has 93 heavy (non-hydrogen) atoms. The van der Waals surface area contributed by atoms with Gasteiger partial charge >= 0.3 is 11.9 Å². The molecule has 10 heteroatoms. The predicted octanol–water partition coefficient (Wildman–Crippen LogP) is 26.5. The van der Waals surface area contributed by atoms with E-state index in [1.165, 1.54) is 255 Å². The van der Waals surface area contributed by atoms with Gasteiger partial charge in [-0.15, -0.1) is 0 Å². The molecule has 0 aliphatic heterocycles. The first-order valence-electron chi connectivity index (χ1n) is 39.8. The summed E-state index contributed by atoms with van der Waals surface area (Å²) in [4.78, 5) is 73.6. The summed E-state index contributed by atoms with van der Waals surface area (Å²) in [5.41, 5.74) is -1.68. The number of benzene rings is 2. The van der Waals surface area contributed by atoms with Gasteiger partial charge in [-0.05, 0) is 49.9 Å². The molecule has 3 aromatic rings. The van der Waals surface area contributed by atoms with Gasteiger partial charge in [-0.2, -0.15) is 0 Å². The second-order valence-electron chi connectivity index (χ2n) is 27.9. The number of hydrogen-bond acceptors (Lipinski definition) is 10. The Labute approximate surface area is 567 Å². The fraction of sp³-hybridized carbons (Fsp3) is 0.771. The normalized spacial score (nSPS) is 11.5. The van der Waals surface area contributed by atoms with E-state index in [-0.39, 0.29) is 59.5 Å². The third kappa shape index (κ3) is 38.2. The molecular formula is C83H138O10. The van der Waals surface area contributed by atoms with Crippen LogP contribution in [0, 0.1) is 0 Å². The number of phenolic OH excluding ortho intramolecular Hbond substituents is 2. The van der Waals surface area contributed by atoms with Gasteiger partial charge in [-0.25, -0.2) is 0 Å². The highest BCUT2D eigenvalue weighted by atomic mass is 16.5. The summed E-state index contributed by atoms with van der Waals surface area (Å²) in [5.74, 6) is -4.23. The number of rotatable bonds is 65. The van der Waals surface area contributed by atoms with E-state index in [0.717, 1.165) is 103 Å². The lowest BCUT2D eigenvalue weighted by molar-refractivity contribution is -0.135. The minimum atomic E-state index is -0.899. The summed E-state index contributed by atoms with van der Waals surface area (Å²) in [6, 6.07) is 5.88. The molecule has 0 saturated heterocycles. The van der Waals surface area contributed by atoms with Gasteiger partial charge in [0.1, 0.15) is 28.0 Å². The van der Waals surface area contributed by atoms with Gasteiger partial charge in [0.05, 0.1) is 0 Å². The number of phenols is 2. The van der Waals surface area contributed by atoms with Crippen LogP contribution in [0.15, 0.2) is 33.5 Å². The van der Waals surface area contributed by atoms with Gasteiger partial charge in [0, 0.05) is 31.2 Å². The van der Waals surface area contributed by atoms with Crippen molar-refractivity contribution in [2.24, 2.45) is 0 Å². The van der Waals surface area contributed by atoms with Crippen LogP contribution in [0.4, 0.5) is 0 Å². The lowest BCUT2D eigenvalue weighted by atomic mass is 9.92. The van der Waals surface area contributed by atoms with Crippen LogP contribution < -0.4 is 14.9 Å². The van der Waals surface area contributed by atoms with Crippen molar-refractivity contribution in [2.45, 2.75) is 413 Å². The SMILES string of the molecule is CCCCCCCCCCCCCCCCC(=O)Oc1c(-c2ccc(O)cc2)oc2c(C(=O)CCCCCCCCCCCCCCCC)c(O)c(C(=O)CCCCCCCCCCCCCCCC)c(OC(=O)CCCCCCCCCCCCCCCC)c2c1=O. The second kappa shape index (κ2) is 56.7. The smallest absolute Gasteiger partial charge is 0.311 e. The zero-order chi connectivity index (χ0) is 67.0. The average molecular weight is 1300 g/mol. The molecule has 0 fully saturated rings. The maximum absolute atomic E-state index is 15.6. The molecular weight excluding hydrogens is 1160 g/mol. The molecule has 0 spiro atoms. The maximum Gasteiger partial charge on any atom is 0.311 e. The summed E-state index contributed by atoms with van der Waals surface area (Å²) in [6.07, 6.45) is 64.4. The lowest BCUT2D eigenvalue weighted by Crippen LogP contribution is -2.20. The van der Waals surface area contributed by atoms with Crippen molar-refractivity contribution in [1.29, 1.82) is 0 Å². The maximum atomic E-state index is 15.6. The Bertz CT molecular complexity index is 2440. The van der Waals surface area contributed by atoms with Gasteiger partial charge in [0.25, 0.3) is 0 Å². The van der Waals surface area contributed by atoms with Crippen molar-refractivity contribution in [1.82, 2.24) is 0 Å². The molecule has 0 atom stereocenters. The monoisotopic (exact) mass is 1300 g/mol. The molecule has 1 aromatic heterocycles. The summed E-state index contributed by atoms with van der Waals surface area (Å²) < 4.78 is 18.9. The molecule has 0 amide bonds. The average Bonchev–Trinajstić information content (AvgIpc) is 0.732. The third-order valence-corrected chi connectivity index (χ3v) is 19.3. The van der Waals surface area contributed by atoms with Gasteiger partial charge in [-0.3, -0.25) is 24.0 Å². The van der Waals surface area contributed by atoms with Crippen LogP contribution in [0.2, 0.25) is 0 Å². The van der Waals surface area contributed by atoms with E-state index in [9.17, 15) is 29.4 Å². The molecule has 0 saturated carbocycles. The number of ketones is 2. The highest BCUT2D eigenvalue weighted by Gasteiger charge is 2.35. The quantitative estimate of drug-likeness (QED) is 0.0241. The van der Waals surface area contributed by atoms with Crippen LogP contribution in [0.25, 0.3) is 22.3 Å². The summed E-state index contributed by atoms with van der Waals surface area (Å²) in [7, 11) is 0. The van der Waals surface area contributed by atoms with Gasteiger partial charge in [0.15, 0.2) is 28.7 Å². The van der Waals surface area contributed by atoms with Crippen molar-refractivity contribution in [3.8, 4) is 34.3 Å². The third-order valence-electron chi connectivity index (χ3n) is 19.3. The number of Topliss-reactive ketones (excluding diaryl/α,β-unsaturated/α-hetero) is 2. The van der Waals surface area contributed by atoms with Crippen molar-refractivity contribution in [2.75, 3.05) is 0 Å². The molecule has 0 aliphatic rings. The zero-order valence-electron chi connectivity index (χ0n) is 60.4. The van der Waals surface area contributed by atoms with Crippen molar-refractivity contribution >= 4 is 34.5 Å². The molecule has 0 unspecified atom stereocenters. The second-order valence-corrected chi connectivity index (χ2v) is 27.9. The topological polar surface area (TPSA) is 157 Å². The molecule has 530 valence electrons. The molecule has 3 rings (SSSR count). The van der Waals surface area contributed by atoms with Crippen molar-refractivity contribution in [3.05, 3.63) is 45.6 Å². The van der Waals surface area contributed by atoms with Crippen LogP contribution in [-0.4, -0.2) is 33.7 Å². The molecule has 2 aromatic carbocycles. The molecule has 0 aliphatic carbocycles. The minimum absolute atomic E-state index is 0.00461. The predicted molar refractivity (Wildman–Crippen MR) is 391 cm³/mol. The van der Waals surface area contributed by atoms with Crippen LogP contribution >= 0.6 is 0 Å². The van der Waals surface area contributed by atoms with E-state index in [2.05, 4.69) is 27.7 Å². The van der Waals surface area contributed by atoms with Crippen LogP contribution in [0.3, 0.4) is 0 Å². The molecule has 10 nitrogen and oxygen atoms in total. The summed E-state index contributed by atoms with van der Waals surface area (Å²) >= 11 is 0. The number of carbonyl (C=O) groups excluding carboxylic acids is 4. The van der Waals surface area contributed by atoms with E-state index in [4.69, 9.17) is 13.9 Å². The van der Waals surface area contributed by atoms with Gasteiger partial charge in [-0.1, -0.05) is 362 Å². The Morgan fingerprint density at radius 1 is 0.323 bits per heavy atom. The van der Waals surface area contributed by atoms with Crippen LogP contribution in [-0.2, 0) is 9.59 Å². The van der Waals surface area contributed by atoms with Crippen molar-refractivity contribution in [3.63, 3.8) is 0 Å². The molecule has 1 heterocycles. The Hall–Kier alpha value is -4.47. The van der Waals surface area contributed by atoms with Crippen LogP contribution in [0.1, 0.15) is 434 Å². The summed E-state index contributed by atoms with van der Waals surface area (Å²) in [5, 5.41) is 22.6. The molecule has 0 bridgehead atoms. The first-order chi connectivity index (χ1) is 45.6. The largest absolute Gasteiger partial charge is 0.508 e. The lowest BCUT2D eigenvalue weighted by Gasteiger charge is -2.19. The van der Waals surface area contributed by atoms with Crippen molar-refractivity contribution < 1.29 is 43.3 Å². The number of ether oxygens (including phenoxy) is 2. The first-order valence-corrected chi connectivity index (χ1v) is 39.8. The van der Waals surface area contributed by atoms with E-state index < -0.39 is 51.6 Å². The Kier molecular flexibility index (Phi) is 50.4. The number of hydrogen-bond donors (Lipinski definition) is 2. The van der Waals surface area contributed by atoms with E-state index in [1.54, 1.807) is 0 Å². The minimum Gasteiger partial charge on any atom is -0.508 e. The van der Waals surface area contributed by atoms with Gasteiger partial charge in [0.2, 0.25) is 11.2 Å². The molecule has 2 N–H and O–H groups in total. The standard InChI is InChI=1S/C83H138O10/c1-5-9-13-17-21-25-29-33-37-41-45-49-53-57-61-71(85)75-78(89)76(72(86)62-58-54-50-46-42-38-34-30-26-22-18-14-10-6-2)82-77(81(75)91-73(87)63-59-55-51-47-43-39-35-31-27-23-19-15-11-7-3)79(90)83(80(93-82)69-65-67-70(84)68-66-69)92-74(88)64-60-56-52-48-44-40-36-32-28-24-20-16-12-8-4/h65-68,84,89H,5-64H2,1-4H3. The zero-order valence-corrected chi connectivity index (χ0v) is 60.4. The number of carbonyl (C=O) groups is 4. The highest BCUT2D eigenvalue weighted by Crippen LogP contribution is 2.45. The van der Waals surface area contributed by atoms with E-state index in [1.807, 2.05) is 0 Å². The highest BCUT2D eigenvalue weighted by molar-refractivity contribution is 6.17. The Balaban J connectivity index is 1.94. The fourth-order valence-electron chi connectivity index (χ4n) is 13.3.